The third kappa shape index (κ3) is 7.35. The van der Waals surface area contributed by atoms with Gasteiger partial charge in [-0.15, -0.1) is 24.0 Å². The van der Waals surface area contributed by atoms with E-state index in [0.717, 1.165) is 49.9 Å². The van der Waals surface area contributed by atoms with E-state index >= 15 is 0 Å². The molecule has 3 rings (SSSR count). The molecule has 1 heterocycles. The summed E-state index contributed by atoms with van der Waals surface area (Å²) in [6, 6.07) is 17.1. The van der Waals surface area contributed by atoms with Gasteiger partial charge in [-0.05, 0) is 43.9 Å². The van der Waals surface area contributed by atoms with Crippen molar-refractivity contribution < 1.29 is 9.47 Å². The van der Waals surface area contributed by atoms with E-state index < -0.39 is 0 Å². The van der Waals surface area contributed by atoms with Crippen LogP contribution in [-0.2, 0) is 11.3 Å². The van der Waals surface area contributed by atoms with Crippen molar-refractivity contribution in [1.82, 2.24) is 16.0 Å². The zero-order valence-corrected chi connectivity index (χ0v) is 21.9. The summed E-state index contributed by atoms with van der Waals surface area (Å²) in [7, 11) is 3.51. The first-order chi connectivity index (χ1) is 15.0. The lowest BCUT2D eigenvalue weighted by atomic mass is 9.88. The van der Waals surface area contributed by atoms with Gasteiger partial charge >= 0.3 is 0 Å². The number of hydrogen-bond acceptors (Lipinski definition) is 4. The molecule has 1 fully saturated rings. The fourth-order valence-corrected chi connectivity index (χ4v) is 4.07. The number of guanidine groups is 1. The van der Waals surface area contributed by atoms with Crippen LogP contribution in [-0.4, -0.2) is 45.4 Å². The first kappa shape index (κ1) is 26.4. The van der Waals surface area contributed by atoms with E-state index in [2.05, 4.69) is 83.3 Å². The third-order valence-electron chi connectivity index (χ3n) is 5.98. The van der Waals surface area contributed by atoms with Gasteiger partial charge in [-0.2, -0.15) is 0 Å². The van der Waals surface area contributed by atoms with Gasteiger partial charge in [0.25, 0.3) is 0 Å². The highest BCUT2D eigenvalue weighted by molar-refractivity contribution is 14.0. The minimum Gasteiger partial charge on any atom is -0.496 e. The lowest BCUT2D eigenvalue weighted by molar-refractivity contribution is 0.0355. The molecule has 2 aromatic rings. The van der Waals surface area contributed by atoms with E-state index in [1.807, 2.05) is 0 Å². The van der Waals surface area contributed by atoms with Gasteiger partial charge in [0.2, 0.25) is 0 Å². The van der Waals surface area contributed by atoms with E-state index in [0.29, 0.717) is 6.54 Å². The zero-order chi connectivity index (χ0) is 22.1. The Hall–Kier alpha value is -1.84. The molecule has 6 nitrogen and oxygen atoms in total. The highest BCUT2D eigenvalue weighted by Gasteiger charge is 2.34. The number of rotatable bonds is 8. The van der Waals surface area contributed by atoms with Crippen LogP contribution >= 0.6 is 24.0 Å². The number of halogens is 1. The van der Waals surface area contributed by atoms with Crippen molar-refractivity contribution in [2.45, 2.75) is 44.8 Å². The molecule has 0 radical (unpaired) electrons. The van der Waals surface area contributed by atoms with Gasteiger partial charge in [-0.1, -0.05) is 42.5 Å². The van der Waals surface area contributed by atoms with Crippen LogP contribution in [0.25, 0.3) is 0 Å². The molecule has 176 valence electrons. The summed E-state index contributed by atoms with van der Waals surface area (Å²) in [6.07, 6.45) is 1.92. The molecule has 7 heteroatoms. The number of aliphatic imine (C=N–C) groups is 1. The van der Waals surface area contributed by atoms with Crippen molar-refractivity contribution in [3.8, 4) is 5.75 Å². The minimum atomic E-state index is -0.0489. The Bertz CT molecular complexity index is 854. The van der Waals surface area contributed by atoms with Crippen molar-refractivity contribution in [1.29, 1.82) is 0 Å². The van der Waals surface area contributed by atoms with Crippen LogP contribution in [0.1, 0.15) is 42.5 Å². The zero-order valence-electron chi connectivity index (χ0n) is 19.6. The highest BCUT2D eigenvalue weighted by Crippen LogP contribution is 2.25. The molecule has 0 aliphatic carbocycles. The molecule has 0 aromatic heterocycles. The maximum Gasteiger partial charge on any atom is 0.191 e. The van der Waals surface area contributed by atoms with Crippen LogP contribution in [0.4, 0.5) is 0 Å². The van der Waals surface area contributed by atoms with Crippen molar-refractivity contribution in [3.63, 3.8) is 0 Å². The van der Waals surface area contributed by atoms with E-state index in [1.54, 1.807) is 14.2 Å². The minimum absolute atomic E-state index is 0. The van der Waals surface area contributed by atoms with Crippen LogP contribution in [0.3, 0.4) is 0 Å². The predicted octanol–water partition coefficient (Wildman–Crippen LogP) is 4.19. The number of hydrogen-bond donors (Lipinski definition) is 3. The number of methoxy groups -OCH3 is 1. The second-order valence-corrected chi connectivity index (χ2v) is 8.26. The molecular formula is C25H37IN4O2. The Morgan fingerprint density at radius 2 is 1.84 bits per heavy atom. The summed E-state index contributed by atoms with van der Waals surface area (Å²) < 4.78 is 11.2. The Kier molecular flexibility index (Phi) is 10.7. The Morgan fingerprint density at radius 1 is 1.12 bits per heavy atom. The Morgan fingerprint density at radius 3 is 2.50 bits per heavy atom. The maximum atomic E-state index is 5.66. The van der Waals surface area contributed by atoms with Gasteiger partial charge in [0.1, 0.15) is 5.75 Å². The lowest BCUT2D eigenvalue weighted by Gasteiger charge is -2.41. The molecule has 1 aliphatic heterocycles. The fourth-order valence-electron chi connectivity index (χ4n) is 4.07. The SMILES string of the molecule is CN=C(NCc1ccc(C)cc1OC)NCC1(NC(C)c2ccccc2)CCOCC1.I. The molecule has 1 saturated heterocycles. The van der Waals surface area contributed by atoms with E-state index in [1.165, 1.54) is 11.1 Å². The summed E-state index contributed by atoms with van der Waals surface area (Å²) in [4.78, 5) is 4.42. The highest BCUT2D eigenvalue weighted by atomic mass is 127. The van der Waals surface area contributed by atoms with Crippen LogP contribution in [0, 0.1) is 6.92 Å². The molecule has 1 aliphatic rings. The number of nitrogens with one attached hydrogen (secondary N) is 3. The lowest BCUT2D eigenvalue weighted by Crippen LogP contribution is -2.58. The van der Waals surface area contributed by atoms with Gasteiger partial charge in [-0.3, -0.25) is 4.99 Å². The number of benzene rings is 2. The molecular weight excluding hydrogens is 515 g/mol. The first-order valence-electron chi connectivity index (χ1n) is 11.0. The van der Waals surface area contributed by atoms with Crippen molar-refractivity contribution in [2.24, 2.45) is 4.99 Å². The largest absolute Gasteiger partial charge is 0.496 e. The number of aryl methyl sites for hydroxylation is 1. The first-order valence-corrected chi connectivity index (χ1v) is 11.0. The molecule has 32 heavy (non-hydrogen) atoms. The quantitative estimate of drug-likeness (QED) is 0.261. The standard InChI is InChI=1S/C25H36N4O2.HI/c1-19-10-11-22(23(16-19)30-4)17-27-24(26-3)28-18-25(12-14-31-15-13-25)29-20(2)21-8-6-5-7-9-21;/h5-11,16,20,29H,12-15,17-18H2,1-4H3,(H2,26,27,28);1H. The Balaban J connectivity index is 0.00000363. The van der Waals surface area contributed by atoms with Crippen LogP contribution in [0.5, 0.6) is 5.75 Å². The molecule has 0 spiro atoms. The topological polar surface area (TPSA) is 66.9 Å². The summed E-state index contributed by atoms with van der Waals surface area (Å²) in [5.41, 5.74) is 3.53. The van der Waals surface area contributed by atoms with E-state index in [9.17, 15) is 0 Å². The van der Waals surface area contributed by atoms with Crippen molar-refractivity contribution >= 4 is 29.9 Å². The van der Waals surface area contributed by atoms with Crippen LogP contribution in [0.2, 0.25) is 0 Å². The molecule has 0 amide bonds. The number of ether oxygens (including phenoxy) is 2. The number of nitrogens with zero attached hydrogens (tertiary/aromatic N) is 1. The second-order valence-electron chi connectivity index (χ2n) is 8.26. The van der Waals surface area contributed by atoms with Crippen LogP contribution in [0.15, 0.2) is 53.5 Å². The van der Waals surface area contributed by atoms with Gasteiger partial charge < -0.3 is 25.4 Å². The average molecular weight is 553 g/mol. The summed E-state index contributed by atoms with van der Waals surface area (Å²) in [5.74, 6) is 1.67. The monoisotopic (exact) mass is 552 g/mol. The van der Waals surface area contributed by atoms with Gasteiger partial charge in [-0.25, -0.2) is 0 Å². The van der Waals surface area contributed by atoms with E-state index in [4.69, 9.17) is 9.47 Å². The Labute approximate surface area is 209 Å². The molecule has 3 N–H and O–H groups in total. The summed E-state index contributed by atoms with van der Waals surface area (Å²) in [5, 5.41) is 10.8. The van der Waals surface area contributed by atoms with Gasteiger partial charge in [0.15, 0.2) is 5.96 Å². The maximum absolute atomic E-state index is 5.66. The average Bonchev–Trinajstić information content (AvgIpc) is 2.81. The molecule has 0 saturated carbocycles. The van der Waals surface area contributed by atoms with Crippen molar-refractivity contribution in [3.05, 3.63) is 65.2 Å². The molecule has 2 aromatic carbocycles. The van der Waals surface area contributed by atoms with Crippen LogP contribution < -0.4 is 20.7 Å². The third-order valence-corrected chi connectivity index (χ3v) is 5.98. The molecule has 0 bridgehead atoms. The van der Waals surface area contributed by atoms with Crippen molar-refractivity contribution in [2.75, 3.05) is 33.9 Å². The second kappa shape index (κ2) is 13.0. The fraction of sp³-hybridized carbons (Fsp3) is 0.480. The predicted molar refractivity (Wildman–Crippen MR) is 142 cm³/mol. The summed E-state index contributed by atoms with van der Waals surface area (Å²) >= 11 is 0. The molecule has 1 unspecified atom stereocenters. The van der Waals surface area contributed by atoms with E-state index in [-0.39, 0.29) is 35.6 Å². The van der Waals surface area contributed by atoms with Gasteiger partial charge in [0.05, 0.1) is 7.11 Å². The summed E-state index contributed by atoms with van der Waals surface area (Å²) in [6.45, 7) is 7.25. The smallest absolute Gasteiger partial charge is 0.191 e. The normalized spacial score (nSPS) is 16.6. The van der Waals surface area contributed by atoms with Gasteiger partial charge in [0, 0.05) is 50.5 Å². The molecule has 1 atom stereocenters.